The first-order chi connectivity index (χ1) is 9.29. The summed E-state index contributed by atoms with van der Waals surface area (Å²) in [5.74, 6) is 0. The summed E-state index contributed by atoms with van der Waals surface area (Å²) in [6.07, 6.45) is 1.94. The number of ether oxygens (including phenoxy) is 1. The highest BCUT2D eigenvalue weighted by Gasteiger charge is 2.21. The number of hydrogen-bond acceptors (Lipinski definition) is 3. The van der Waals surface area contributed by atoms with Crippen molar-refractivity contribution in [3.8, 4) is 0 Å². The molecule has 1 aliphatic heterocycles. The zero-order valence-corrected chi connectivity index (χ0v) is 13.2. The van der Waals surface area contributed by atoms with Crippen molar-refractivity contribution in [2.75, 3.05) is 13.2 Å². The first-order valence-electron chi connectivity index (χ1n) is 7.01. The van der Waals surface area contributed by atoms with Crippen LogP contribution in [0.15, 0.2) is 29.2 Å². The summed E-state index contributed by atoms with van der Waals surface area (Å²) >= 11 is 0. The zero-order chi connectivity index (χ0) is 14.8. The quantitative estimate of drug-likeness (QED) is 0.928. The molecule has 1 fully saturated rings. The van der Waals surface area contributed by atoms with Crippen LogP contribution in [-0.4, -0.2) is 27.7 Å². The van der Waals surface area contributed by atoms with E-state index in [9.17, 15) is 8.42 Å². The van der Waals surface area contributed by atoms with Gasteiger partial charge in [0.25, 0.3) is 0 Å². The van der Waals surface area contributed by atoms with Crippen molar-refractivity contribution in [3.63, 3.8) is 0 Å². The molecule has 20 heavy (non-hydrogen) atoms. The van der Waals surface area contributed by atoms with Gasteiger partial charge in [0.1, 0.15) is 0 Å². The average molecular weight is 297 g/mol. The Balaban J connectivity index is 2.05. The molecule has 112 valence electrons. The molecule has 1 aromatic carbocycles. The summed E-state index contributed by atoms with van der Waals surface area (Å²) in [6.45, 7) is 7.39. The molecular weight excluding hydrogens is 274 g/mol. The molecule has 1 N–H and O–H groups in total. The Kier molecular flexibility index (Phi) is 4.52. The second-order valence-electron chi connectivity index (χ2n) is 6.26. The van der Waals surface area contributed by atoms with E-state index in [0.717, 1.165) is 25.0 Å². The topological polar surface area (TPSA) is 55.4 Å². The van der Waals surface area contributed by atoms with Gasteiger partial charge in [-0.05, 0) is 36.0 Å². The van der Waals surface area contributed by atoms with Crippen LogP contribution in [0.2, 0.25) is 0 Å². The lowest BCUT2D eigenvalue weighted by Gasteiger charge is -2.19. The van der Waals surface area contributed by atoms with Crippen LogP contribution >= 0.6 is 0 Å². The lowest BCUT2D eigenvalue weighted by atomic mass is 9.87. The Morgan fingerprint density at radius 1 is 1.25 bits per heavy atom. The van der Waals surface area contributed by atoms with E-state index in [0.29, 0.717) is 11.4 Å². The SMILES string of the molecule is CC(C)(C)c1ccc(S(=O)(=O)NC[C@@H]2CCCO2)cc1. The van der Waals surface area contributed by atoms with Gasteiger partial charge < -0.3 is 4.74 Å². The first kappa shape index (κ1) is 15.5. The van der Waals surface area contributed by atoms with Crippen molar-refractivity contribution >= 4 is 10.0 Å². The van der Waals surface area contributed by atoms with Crippen LogP contribution < -0.4 is 4.72 Å². The van der Waals surface area contributed by atoms with Crippen molar-refractivity contribution in [3.05, 3.63) is 29.8 Å². The molecule has 1 aromatic rings. The lowest BCUT2D eigenvalue weighted by Crippen LogP contribution is -2.31. The van der Waals surface area contributed by atoms with Crippen LogP contribution in [-0.2, 0) is 20.2 Å². The van der Waals surface area contributed by atoms with Gasteiger partial charge in [-0.15, -0.1) is 0 Å². The molecule has 1 heterocycles. The lowest BCUT2D eigenvalue weighted by molar-refractivity contribution is 0.114. The molecule has 0 spiro atoms. The minimum absolute atomic E-state index is 0.0126. The van der Waals surface area contributed by atoms with Crippen molar-refractivity contribution < 1.29 is 13.2 Å². The molecular formula is C15H23NO3S. The number of nitrogens with one attached hydrogen (secondary N) is 1. The van der Waals surface area contributed by atoms with E-state index in [2.05, 4.69) is 25.5 Å². The van der Waals surface area contributed by atoms with E-state index in [1.165, 1.54) is 0 Å². The molecule has 0 bridgehead atoms. The van der Waals surface area contributed by atoms with E-state index in [4.69, 9.17) is 4.74 Å². The number of rotatable bonds is 4. The number of benzene rings is 1. The fraction of sp³-hybridized carbons (Fsp3) is 0.600. The Morgan fingerprint density at radius 2 is 1.90 bits per heavy atom. The maximum absolute atomic E-state index is 12.2. The molecule has 2 rings (SSSR count). The Morgan fingerprint density at radius 3 is 2.40 bits per heavy atom. The monoisotopic (exact) mass is 297 g/mol. The largest absolute Gasteiger partial charge is 0.377 e. The minimum Gasteiger partial charge on any atom is -0.377 e. The Hall–Kier alpha value is -0.910. The van der Waals surface area contributed by atoms with Gasteiger partial charge in [0.2, 0.25) is 10.0 Å². The highest BCUT2D eigenvalue weighted by Crippen LogP contribution is 2.23. The highest BCUT2D eigenvalue weighted by molar-refractivity contribution is 7.89. The summed E-state index contributed by atoms with van der Waals surface area (Å²) in [5.41, 5.74) is 1.14. The molecule has 1 aliphatic rings. The Bertz CT molecular complexity index is 537. The van der Waals surface area contributed by atoms with Crippen molar-refractivity contribution in [2.45, 2.75) is 50.0 Å². The van der Waals surface area contributed by atoms with Gasteiger partial charge >= 0.3 is 0 Å². The first-order valence-corrected chi connectivity index (χ1v) is 8.49. The fourth-order valence-electron chi connectivity index (χ4n) is 2.23. The molecule has 1 atom stereocenters. The molecule has 0 aromatic heterocycles. The predicted molar refractivity (Wildman–Crippen MR) is 79.3 cm³/mol. The third-order valence-corrected chi connectivity index (χ3v) is 5.00. The van der Waals surface area contributed by atoms with E-state index in [1.54, 1.807) is 12.1 Å². The van der Waals surface area contributed by atoms with Gasteiger partial charge in [0.05, 0.1) is 11.0 Å². The average Bonchev–Trinajstić information content (AvgIpc) is 2.89. The van der Waals surface area contributed by atoms with Gasteiger partial charge in [0.15, 0.2) is 0 Å². The molecule has 4 nitrogen and oxygen atoms in total. The molecule has 0 unspecified atom stereocenters. The van der Waals surface area contributed by atoms with Crippen LogP contribution in [0, 0.1) is 0 Å². The van der Waals surface area contributed by atoms with Crippen molar-refractivity contribution in [1.29, 1.82) is 0 Å². The van der Waals surface area contributed by atoms with Gasteiger partial charge in [-0.2, -0.15) is 0 Å². The smallest absolute Gasteiger partial charge is 0.240 e. The fourth-order valence-corrected chi connectivity index (χ4v) is 3.29. The summed E-state index contributed by atoms with van der Waals surface area (Å²) in [4.78, 5) is 0.309. The van der Waals surface area contributed by atoms with Crippen molar-refractivity contribution in [2.24, 2.45) is 0 Å². The van der Waals surface area contributed by atoms with Gasteiger partial charge in [-0.25, -0.2) is 13.1 Å². The summed E-state index contributed by atoms with van der Waals surface area (Å²) < 4.78 is 32.4. The zero-order valence-electron chi connectivity index (χ0n) is 12.3. The molecule has 0 amide bonds. The predicted octanol–water partition coefficient (Wildman–Crippen LogP) is 2.44. The standard InChI is InChI=1S/C15H23NO3S/c1-15(2,3)12-6-8-14(9-7-12)20(17,18)16-11-13-5-4-10-19-13/h6-9,13,16H,4-5,10-11H2,1-3H3/t13-/m0/s1. The van der Waals surface area contributed by atoms with Crippen LogP contribution in [0.5, 0.6) is 0 Å². The number of hydrogen-bond donors (Lipinski definition) is 1. The van der Waals surface area contributed by atoms with Gasteiger partial charge in [0, 0.05) is 13.2 Å². The normalized spacial score (nSPS) is 20.2. The van der Waals surface area contributed by atoms with Crippen molar-refractivity contribution in [1.82, 2.24) is 4.72 Å². The molecule has 0 aliphatic carbocycles. The van der Waals surface area contributed by atoms with Crippen LogP contribution in [0.4, 0.5) is 0 Å². The minimum atomic E-state index is -3.44. The summed E-state index contributed by atoms with van der Waals surface area (Å²) in [6, 6.07) is 7.08. The maximum atomic E-state index is 12.2. The highest BCUT2D eigenvalue weighted by atomic mass is 32.2. The molecule has 0 radical (unpaired) electrons. The van der Waals surface area contributed by atoms with Gasteiger partial charge in [-0.3, -0.25) is 0 Å². The third-order valence-electron chi connectivity index (χ3n) is 3.56. The maximum Gasteiger partial charge on any atom is 0.240 e. The van der Waals surface area contributed by atoms with E-state index in [1.807, 2.05) is 12.1 Å². The Labute approximate surface area is 121 Å². The molecule has 1 saturated heterocycles. The summed E-state index contributed by atoms with van der Waals surface area (Å²) in [5, 5.41) is 0. The summed E-state index contributed by atoms with van der Waals surface area (Å²) in [7, 11) is -3.44. The van der Waals surface area contributed by atoms with Crippen LogP contribution in [0.1, 0.15) is 39.2 Å². The van der Waals surface area contributed by atoms with E-state index in [-0.39, 0.29) is 11.5 Å². The second kappa shape index (κ2) is 5.84. The van der Waals surface area contributed by atoms with E-state index < -0.39 is 10.0 Å². The van der Waals surface area contributed by atoms with Crippen LogP contribution in [0.25, 0.3) is 0 Å². The number of sulfonamides is 1. The molecule has 0 saturated carbocycles. The van der Waals surface area contributed by atoms with E-state index >= 15 is 0 Å². The molecule has 5 heteroatoms. The van der Waals surface area contributed by atoms with Crippen LogP contribution in [0.3, 0.4) is 0 Å². The van der Waals surface area contributed by atoms with Gasteiger partial charge in [-0.1, -0.05) is 32.9 Å². The third kappa shape index (κ3) is 3.81. The second-order valence-corrected chi connectivity index (χ2v) is 8.03.